The Balaban J connectivity index is 1.22. The number of likely N-dealkylation sites (tertiary alicyclic amines) is 1. The van der Waals surface area contributed by atoms with Crippen molar-refractivity contribution in [3.63, 3.8) is 0 Å². The Labute approximate surface area is 199 Å². The van der Waals surface area contributed by atoms with E-state index in [-0.39, 0.29) is 29.7 Å². The van der Waals surface area contributed by atoms with Crippen molar-refractivity contribution in [3.8, 4) is 0 Å². The third kappa shape index (κ3) is 6.28. The van der Waals surface area contributed by atoms with Crippen molar-refractivity contribution in [2.45, 2.75) is 93.3 Å². The first-order valence-corrected chi connectivity index (χ1v) is 14.5. The van der Waals surface area contributed by atoms with Crippen molar-refractivity contribution in [1.29, 1.82) is 0 Å². The van der Waals surface area contributed by atoms with Crippen molar-refractivity contribution >= 4 is 15.9 Å². The number of amides is 2. The number of carbonyl (C=O) groups excluding carboxylic acids is 1. The van der Waals surface area contributed by atoms with E-state index >= 15 is 0 Å². The minimum atomic E-state index is -3.17. The molecule has 1 saturated carbocycles. The first-order valence-electron chi connectivity index (χ1n) is 12.6. The van der Waals surface area contributed by atoms with Crippen molar-refractivity contribution < 1.29 is 13.2 Å². The molecular weight excluding hydrogens is 436 g/mol. The molecule has 0 aromatic heterocycles. The highest BCUT2D eigenvalue weighted by Gasteiger charge is 2.37. The van der Waals surface area contributed by atoms with Crippen LogP contribution in [0.5, 0.6) is 0 Å². The van der Waals surface area contributed by atoms with Gasteiger partial charge < -0.3 is 16.0 Å². The molecule has 1 spiro atoms. The molecule has 3 aliphatic rings. The fourth-order valence-electron chi connectivity index (χ4n) is 5.94. The van der Waals surface area contributed by atoms with E-state index in [1.807, 2.05) is 12.1 Å². The fourth-order valence-corrected chi connectivity index (χ4v) is 6.57. The van der Waals surface area contributed by atoms with E-state index < -0.39 is 9.84 Å². The quantitative estimate of drug-likeness (QED) is 0.606. The van der Waals surface area contributed by atoms with E-state index in [0.29, 0.717) is 4.90 Å². The summed E-state index contributed by atoms with van der Waals surface area (Å²) >= 11 is 0. The topological polar surface area (TPSA) is 90.5 Å². The molecule has 0 radical (unpaired) electrons. The van der Waals surface area contributed by atoms with Crippen LogP contribution in [0, 0.1) is 0 Å². The van der Waals surface area contributed by atoms with Gasteiger partial charge in [-0.3, -0.25) is 4.90 Å². The van der Waals surface area contributed by atoms with Crippen molar-refractivity contribution in [2.75, 3.05) is 25.9 Å². The summed E-state index contributed by atoms with van der Waals surface area (Å²) in [4.78, 5) is 15.5. The van der Waals surface area contributed by atoms with Crippen LogP contribution in [0.4, 0.5) is 4.79 Å². The molecule has 2 amide bonds. The molecule has 1 aromatic carbocycles. The summed E-state index contributed by atoms with van der Waals surface area (Å²) in [6.45, 7) is 4.98. The van der Waals surface area contributed by atoms with Gasteiger partial charge in [0.15, 0.2) is 9.84 Å². The Hall–Kier alpha value is -1.64. The minimum Gasteiger partial charge on any atom is -0.335 e. The molecule has 1 aliphatic carbocycles. The number of nitrogens with zero attached hydrogens (tertiary/aromatic N) is 1. The number of benzene rings is 1. The number of hydrogen-bond acceptors (Lipinski definition) is 5. The summed E-state index contributed by atoms with van der Waals surface area (Å²) in [6, 6.07) is 7.88. The van der Waals surface area contributed by atoms with Gasteiger partial charge in [-0.05, 0) is 69.7 Å². The minimum absolute atomic E-state index is 0.0179. The van der Waals surface area contributed by atoms with Crippen LogP contribution in [-0.4, -0.2) is 62.9 Å². The lowest BCUT2D eigenvalue weighted by Gasteiger charge is -2.45. The lowest BCUT2D eigenvalue weighted by atomic mass is 9.75. The average Bonchev–Trinajstić information content (AvgIpc) is 2.79. The molecule has 184 valence electrons. The van der Waals surface area contributed by atoms with Gasteiger partial charge in [-0.1, -0.05) is 31.4 Å². The largest absolute Gasteiger partial charge is 0.335 e. The summed E-state index contributed by atoms with van der Waals surface area (Å²) in [6.07, 6.45) is 11.5. The Kier molecular flexibility index (Phi) is 7.66. The summed E-state index contributed by atoms with van der Waals surface area (Å²) in [5, 5.41) is 10.2. The summed E-state index contributed by atoms with van der Waals surface area (Å²) < 4.78 is 23.4. The van der Waals surface area contributed by atoms with Crippen molar-refractivity contribution in [2.24, 2.45) is 0 Å². The monoisotopic (exact) mass is 476 g/mol. The zero-order valence-corrected chi connectivity index (χ0v) is 20.9. The first-order chi connectivity index (χ1) is 15.7. The molecular formula is C25H40N4O3S. The zero-order valence-electron chi connectivity index (χ0n) is 20.1. The van der Waals surface area contributed by atoms with E-state index in [1.54, 1.807) is 12.1 Å². The van der Waals surface area contributed by atoms with Crippen molar-refractivity contribution in [1.82, 2.24) is 20.9 Å². The zero-order chi connectivity index (χ0) is 23.5. The second-order valence-corrected chi connectivity index (χ2v) is 12.4. The van der Waals surface area contributed by atoms with E-state index in [1.165, 1.54) is 38.4 Å². The van der Waals surface area contributed by atoms with Gasteiger partial charge in [0.1, 0.15) is 0 Å². The molecule has 3 N–H and O–H groups in total. The molecule has 3 fully saturated rings. The first kappa shape index (κ1) is 24.5. The van der Waals surface area contributed by atoms with Crippen LogP contribution >= 0.6 is 0 Å². The summed E-state index contributed by atoms with van der Waals surface area (Å²) in [5.74, 6) is 0. The molecule has 2 saturated heterocycles. The average molecular weight is 477 g/mol. The maximum atomic E-state index is 12.7. The number of urea groups is 1. The predicted molar refractivity (Wildman–Crippen MR) is 131 cm³/mol. The van der Waals surface area contributed by atoms with E-state index in [0.717, 1.165) is 50.9 Å². The van der Waals surface area contributed by atoms with Gasteiger partial charge in [-0.2, -0.15) is 0 Å². The van der Waals surface area contributed by atoms with E-state index in [4.69, 9.17) is 0 Å². The third-order valence-electron chi connectivity index (χ3n) is 7.98. The predicted octanol–water partition coefficient (Wildman–Crippen LogP) is 3.37. The highest BCUT2D eigenvalue weighted by Crippen LogP contribution is 2.34. The number of piperidine rings is 2. The second-order valence-electron chi connectivity index (χ2n) is 10.4. The molecule has 4 rings (SSSR count). The Morgan fingerprint density at radius 2 is 1.67 bits per heavy atom. The SMILES string of the molecule is CC(c1ccc(S(C)(=O)=O)cc1)N1CCC(NC(=O)NC2CCNC3(CCCCC3)C2)CC1. The molecule has 8 heteroatoms. The fraction of sp³-hybridized carbons (Fsp3) is 0.720. The van der Waals surface area contributed by atoms with Crippen molar-refractivity contribution in [3.05, 3.63) is 29.8 Å². The number of hydrogen-bond donors (Lipinski definition) is 3. The van der Waals surface area contributed by atoms with Gasteiger partial charge in [0.25, 0.3) is 0 Å². The van der Waals surface area contributed by atoms with E-state index in [9.17, 15) is 13.2 Å². The summed E-state index contributed by atoms with van der Waals surface area (Å²) in [5.41, 5.74) is 1.37. The van der Waals surface area contributed by atoms with Crippen LogP contribution < -0.4 is 16.0 Å². The summed E-state index contributed by atoms with van der Waals surface area (Å²) in [7, 11) is -3.17. The molecule has 2 atom stereocenters. The highest BCUT2D eigenvalue weighted by molar-refractivity contribution is 7.90. The maximum absolute atomic E-state index is 12.7. The number of nitrogens with one attached hydrogen (secondary N) is 3. The molecule has 1 aromatic rings. The van der Waals surface area contributed by atoms with Gasteiger partial charge in [0.05, 0.1) is 4.90 Å². The second kappa shape index (κ2) is 10.3. The maximum Gasteiger partial charge on any atom is 0.315 e. The van der Waals surface area contributed by atoms with Crippen LogP contribution in [0.15, 0.2) is 29.2 Å². The van der Waals surface area contributed by atoms with Gasteiger partial charge >= 0.3 is 6.03 Å². The normalized spacial score (nSPS) is 25.5. The van der Waals surface area contributed by atoms with E-state index in [2.05, 4.69) is 27.8 Å². The van der Waals surface area contributed by atoms with Gasteiger partial charge in [-0.15, -0.1) is 0 Å². The molecule has 7 nitrogen and oxygen atoms in total. The van der Waals surface area contributed by atoms with Gasteiger partial charge in [-0.25, -0.2) is 13.2 Å². The molecule has 2 unspecified atom stereocenters. The molecule has 2 aliphatic heterocycles. The Bertz CT molecular complexity index is 899. The van der Waals surface area contributed by atoms with Crippen LogP contribution in [0.25, 0.3) is 0 Å². The standard InChI is InChI=1S/C25H40N4O3S/c1-19(20-6-8-23(9-7-20)33(2,31)32)29-16-11-21(12-17-29)27-24(30)28-22-10-15-26-25(18-22)13-4-3-5-14-25/h6-9,19,21-22,26H,3-5,10-18H2,1-2H3,(H2,27,28,30). The lowest BCUT2D eigenvalue weighted by Crippen LogP contribution is -2.58. The number of carbonyl (C=O) groups is 1. The van der Waals surface area contributed by atoms with Crippen LogP contribution in [0.3, 0.4) is 0 Å². The Morgan fingerprint density at radius 3 is 2.30 bits per heavy atom. The van der Waals surface area contributed by atoms with Gasteiger partial charge in [0.2, 0.25) is 0 Å². The van der Waals surface area contributed by atoms with Crippen LogP contribution in [0.2, 0.25) is 0 Å². The molecule has 0 bridgehead atoms. The van der Waals surface area contributed by atoms with Gasteiger partial charge in [0, 0.05) is 43.0 Å². The smallest absolute Gasteiger partial charge is 0.315 e. The Morgan fingerprint density at radius 1 is 1.03 bits per heavy atom. The highest BCUT2D eigenvalue weighted by atomic mass is 32.2. The lowest BCUT2D eigenvalue weighted by molar-refractivity contribution is 0.146. The third-order valence-corrected chi connectivity index (χ3v) is 9.11. The molecule has 2 heterocycles. The number of rotatable bonds is 5. The van der Waals surface area contributed by atoms with Crippen LogP contribution in [0.1, 0.15) is 76.3 Å². The van der Waals surface area contributed by atoms with Crippen LogP contribution in [-0.2, 0) is 9.84 Å². The number of sulfone groups is 1. The molecule has 33 heavy (non-hydrogen) atoms.